The molecule has 0 fully saturated rings. The number of hydrogen-bond donors (Lipinski definition) is 0. The summed E-state index contributed by atoms with van der Waals surface area (Å²) in [5.74, 6) is 0. The van der Waals surface area contributed by atoms with Crippen molar-refractivity contribution in [2.24, 2.45) is 20.9 Å². The molecule has 16 heavy (non-hydrogen) atoms. The van der Waals surface area contributed by atoms with Crippen LogP contribution >= 0.6 is 0 Å². The van der Waals surface area contributed by atoms with Crippen LogP contribution in [0.25, 0.3) is 0 Å². The molecular formula is C8H16N4O4. The van der Waals surface area contributed by atoms with E-state index >= 15 is 0 Å². The molecular weight excluding hydrogens is 216 g/mol. The summed E-state index contributed by atoms with van der Waals surface area (Å²) in [6.45, 7) is 6.99. The van der Waals surface area contributed by atoms with Gasteiger partial charge in [0, 0.05) is 0 Å². The van der Waals surface area contributed by atoms with Gasteiger partial charge in [-0.25, -0.2) is 0 Å². The molecule has 0 heterocycles. The van der Waals surface area contributed by atoms with E-state index in [0.717, 1.165) is 0 Å². The first kappa shape index (κ1) is 14.4. The summed E-state index contributed by atoms with van der Waals surface area (Å²) in [6, 6.07) is 0. The SMILES string of the molecule is CC(C)(CON=O)N=NC(C)(C)CON=O. The largest absolute Gasteiger partial charge is 0.361 e. The fourth-order valence-electron chi connectivity index (χ4n) is 0.697. The van der Waals surface area contributed by atoms with E-state index in [2.05, 4.69) is 30.6 Å². The highest BCUT2D eigenvalue weighted by molar-refractivity contribution is 4.80. The zero-order chi connectivity index (χ0) is 12.7. The molecule has 0 saturated heterocycles. The average molecular weight is 232 g/mol. The number of azo groups is 1. The first-order valence-electron chi connectivity index (χ1n) is 4.66. The number of rotatable bonds is 8. The van der Waals surface area contributed by atoms with E-state index in [0.29, 0.717) is 0 Å². The Morgan fingerprint density at radius 2 is 1.12 bits per heavy atom. The molecule has 0 rings (SSSR count). The van der Waals surface area contributed by atoms with Crippen LogP contribution in [0.4, 0.5) is 0 Å². The molecule has 0 aliphatic rings. The fourth-order valence-corrected chi connectivity index (χ4v) is 0.697. The molecule has 0 unspecified atom stereocenters. The first-order chi connectivity index (χ1) is 7.33. The van der Waals surface area contributed by atoms with E-state index in [1.165, 1.54) is 0 Å². The van der Waals surface area contributed by atoms with Crippen molar-refractivity contribution in [1.82, 2.24) is 0 Å². The number of hydrogen-bond acceptors (Lipinski definition) is 8. The van der Waals surface area contributed by atoms with Gasteiger partial charge in [-0.1, -0.05) is 0 Å². The Hall–Kier alpha value is -1.60. The summed E-state index contributed by atoms with van der Waals surface area (Å²) in [5, 5.41) is 12.6. The molecule has 0 aromatic rings. The molecule has 0 aromatic carbocycles. The lowest BCUT2D eigenvalue weighted by molar-refractivity contribution is 0.0857. The Morgan fingerprint density at radius 1 is 0.812 bits per heavy atom. The van der Waals surface area contributed by atoms with Crippen molar-refractivity contribution in [2.75, 3.05) is 13.2 Å². The predicted octanol–water partition coefficient (Wildman–Crippen LogP) is 2.39. The van der Waals surface area contributed by atoms with Crippen molar-refractivity contribution in [3.63, 3.8) is 0 Å². The van der Waals surface area contributed by atoms with Crippen LogP contribution in [0.5, 0.6) is 0 Å². The van der Waals surface area contributed by atoms with Crippen LogP contribution in [0, 0.1) is 9.81 Å². The molecule has 0 saturated carbocycles. The van der Waals surface area contributed by atoms with Crippen molar-refractivity contribution < 1.29 is 9.68 Å². The van der Waals surface area contributed by atoms with Crippen LogP contribution < -0.4 is 0 Å². The standard InChI is InChI=1S/C8H16N4O4/c1-7(2,5-15-11-13)9-10-8(3,4)6-16-12-14/h5-6H2,1-4H3. The van der Waals surface area contributed by atoms with Gasteiger partial charge in [0.1, 0.15) is 24.3 Å². The zero-order valence-corrected chi connectivity index (χ0v) is 9.84. The molecule has 0 bridgehead atoms. The van der Waals surface area contributed by atoms with Crippen LogP contribution in [-0.4, -0.2) is 24.3 Å². The summed E-state index contributed by atoms with van der Waals surface area (Å²) in [7, 11) is 0. The molecule has 0 aliphatic carbocycles. The smallest absolute Gasteiger partial charge is 0.155 e. The van der Waals surface area contributed by atoms with Gasteiger partial charge in [0.05, 0.1) is 0 Å². The van der Waals surface area contributed by atoms with Gasteiger partial charge in [0.15, 0.2) is 10.7 Å². The van der Waals surface area contributed by atoms with E-state index < -0.39 is 11.1 Å². The van der Waals surface area contributed by atoms with Crippen molar-refractivity contribution in [1.29, 1.82) is 0 Å². The van der Waals surface area contributed by atoms with Gasteiger partial charge in [-0.05, 0) is 27.7 Å². The highest BCUT2D eigenvalue weighted by atomic mass is 16.7. The topological polar surface area (TPSA) is 102 Å². The second kappa shape index (κ2) is 6.09. The van der Waals surface area contributed by atoms with Crippen LogP contribution in [0.3, 0.4) is 0 Å². The Balaban J connectivity index is 4.31. The quantitative estimate of drug-likeness (QED) is 0.364. The molecule has 0 N–H and O–H groups in total. The second-order valence-electron chi connectivity index (χ2n) is 4.52. The van der Waals surface area contributed by atoms with Crippen molar-refractivity contribution in [2.45, 2.75) is 38.8 Å². The van der Waals surface area contributed by atoms with Crippen LogP contribution in [0.15, 0.2) is 20.9 Å². The Bertz CT molecular complexity index is 239. The first-order valence-corrected chi connectivity index (χ1v) is 4.66. The van der Waals surface area contributed by atoms with Gasteiger partial charge in [0.25, 0.3) is 0 Å². The van der Waals surface area contributed by atoms with E-state index in [1.807, 2.05) is 0 Å². The molecule has 0 aliphatic heterocycles. The van der Waals surface area contributed by atoms with E-state index in [-0.39, 0.29) is 13.2 Å². The molecule has 0 radical (unpaired) electrons. The summed E-state index contributed by atoms with van der Waals surface area (Å²) in [6.07, 6.45) is 0. The monoisotopic (exact) mass is 232 g/mol. The van der Waals surface area contributed by atoms with Crippen molar-refractivity contribution in [3.05, 3.63) is 9.81 Å². The lowest BCUT2D eigenvalue weighted by Gasteiger charge is -2.20. The van der Waals surface area contributed by atoms with Crippen LogP contribution in [-0.2, 0) is 9.68 Å². The lowest BCUT2D eigenvalue weighted by Crippen LogP contribution is -2.27. The average Bonchev–Trinajstić information content (AvgIpc) is 2.22. The van der Waals surface area contributed by atoms with Gasteiger partial charge < -0.3 is 9.68 Å². The van der Waals surface area contributed by atoms with Crippen molar-refractivity contribution >= 4 is 0 Å². The van der Waals surface area contributed by atoms with Crippen molar-refractivity contribution in [3.8, 4) is 0 Å². The van der Waals surface area contributed by atoms with E-state index in [9.17, 15) is 9.81 Å². The molecule has 92 valence electrons. The lowest BCUT2D eigenvalue weighted by atomic mass is 10.1. The molecule has 8 nitrogen and oxygen atoms in total. The molecule has 0 atom stereocenters. The van der Waals surface area contributed by atoms with Gasteiger partial charge in [-0.3, -0.25) is 0 Å². The van der Waals surface area contributed by atoms with Gasteiger partial charge in [0.2, 0.25) is 0 Å². The summed E-state index contributed by atoms with van der Waals surface area (Å²) in [4.78, 5) is 28.3. The van der Waals surface area contributed by atoms with Gasteiger partial charge in [-0.15, -0.1) is 9.81 Å². The summed E-state index contributed by atoms with van der Waals surface area (Å²) in [5.41, 5.74) is -1.33. The Labute approximate surface area is 93.3 Å². The predicted molar refractivity (Wildman–Crippen MR) is 56.5 cm³/mol. The third-order valence-corrected chi connectivity index (χ3v) is 1.53. The van der Waals surface area contributed by atoms with E-state index in [1.54, 1.807) is 27.7 Å². The third-order valence-electron chi connectivity index (χ3n) is 1.53. The molecule has 8 heteroatoms. The molecule has 0 amide bonds. The molecule has 0 aromatic heterocycles. The Kier molecular flexibility index (Phi) is 5.48. The minimum absolute atomic E-state index is 0.0306. The maximum atomic E-state index is 9.78. The number of nitrogens with zero attached hydrogens (tertiary/aromatic N) is 4. The van der Waals surface area contributed by atoms with Gasteiger partial charge >= 0.3 is 0 Å². The van der Waals surface area contributed by atoms with Gasteiger partial charge in [-0.2, -0.15) is 10.2 Å². The fraction of sp³-hybridized carbons (Fsp3) is 1.00. The minimum Gasteiger partial charge on any atom is -0.361 e. The zero-order valence-electron chi connectivity index (χ0n) is 9.84. The molecule has 0 spiro atoms. The highest BCUT2D eigenvalue weighted by Gasteiger charge is 2.23. The van der Waals surface area contributed by atoms with Crippen LogP contribution in [0.2, 0.25) is 0 Å². The summed E-state index contributed by atoms with van der Waals surface area (Å²) >= 11 is 0. The third kappa shape index (κ3) is 6.80. The summed E-state index contributed by atoms with van der Waals surface area (Å²) < 4.78 is 0. The normalized spacial score (nSPS) is 12.5. The highest BCUT2D eigenvalue weighted by Crippen LogP contribution is 2.16. The maximum absolute atomic E-state index is 9.78. The minimum atomic E-state index is -0.667. The second-order valence-corrected chi connectivity index (χ2v) is 4.52. The maximum Gasteiger partial charge on any atom is 0.155 e. The van der Waals surface area contributed by atoms with Crippen LogP contribution in [0.1, 0.15) is 27.7 Å². The Morgan fingerprint density at radius 3 is 1.38 bits per heavy atom. The van der Waals surface area contributed by atoms with E-state index in [4.69, 9.17) is 0 Å².